The average molecular weight is 402 g/mol. The maximum Gasteiger partial charge on any atom is 0.363 e. The third kappa shape index (κ3) is 3.74. The van der Waals surface area contributed by atoms with Gasteiger partial charge in [0.2, 0.25) is 5.90 Å². The van der Waals surface area contributed by atoms with Gasteiger partial charge in [0.05, 0.1) is 13.7 Å². The Morgan fingerprint density at radius 3 is 2.64 bits per heavy atom. The number of ether oxygens (including phenoxy) is 3. The molecule has 0 aliphatic carbocycles. The van der Waals surface area contributed by atoms with Crippen LogP contribution in [-0.2, 0) is 9.53 Å². The molecule has 2 aromatic rings. The number of methoxy groups -OCH3 is 1. The van der Waals surface area contributed by atoms with Gasteiger partial charge in [-0.2, -0.15) is 0 Å². The highest BCUT2D eigenvalue weighted by Crippen LogP contribution is 2.33. The molecule has 1 aliphatic heterocycles. The van der Waals surface area contributed by atoms with Gasteiger partial charge in [0, 0.05) is 15.6 Å². The van der Waals surface area contributed by atoms with Gasteiger partial charge in [0.15, 0.2) is 17.2 Å². The van der Waals surface area contributed by atoms with Gasteiger partial charge in [-0.25, -0.2) is 9.79 Å². The molecule has 25 heavy (non-hydrogen) atoms. The molecule has 0 amide bonds. The summed E-state index contributed by atoms with van der Waals surface area (Å²) < 4.78 is 17.2. The zero-order valence-corrected chi connectivity index (χ0v) is 15.4. The first-order valence-corrected chi connectivity index (χ1v) is 8.50. The second-order valence-corrected chi connectivity index (χ2v) is 6.07. The molecule has 0 aromatic heterocycles. The first-order valence-electron chi connectivity index (χ1n) is 7.70. The number of hydrogen-bond donors (Lipinski definition) is 0. The lowest BCUT2D eigenvalue weighted by Crippen LogP contribution is -2.05. The Labute approximate surface area is 154 Å². The van der Waals surface area contributed by atoms with E-state index in [0.29, 0.717) is 23.7 Å². The molecule has 128 valence electrons. The minimum atomic E-state index is -0.498. The van der Waals surface area contributed by atoms with Gasteiger partial charge in [-0.15, -0.1) is 0 Å². The second kappa shape index (κ2) is 7.53. The zero-order chi connectivity index (χ0) is 17.8. The van der Waals surface area contributed by atoms with Crippen LogP contribution in [-0.4, -0.2) is 25.6 Å². The predicted octanol–water partition coefficient (Wildman–Crippen LogP) is 4.20. The number of esters is 1. The molecule has 0 atom stereocenters. The number of carbonyl (C=O) groups is 1. The van der Waals surface area contributed by atoms with E-state index in [1.54, 1.807) is 13.2 Å². The number of para-hydroxylation sites is 1. The van der Waals surface area contributed by atoms with Crippen molar-refractivity contribution in [1.82, 2.24) is 0 Å². The molecule has 6 heteroatoms. The maximum atomic E-state index is 12.2. The fraction of sp³-hybridized carbons (Fsp3) is 0.158. The molecule has 0 N–H and O–H groups in total. The van der Waals surface area contributed by atoms with E-state index in [1.165, 1.54) is 0 Å². The Morgan fingerprint density at radius 1 is 1.20 bits per heavy atom. The molecule has 2 aromatic carbocycles. The Kier molecular flexibility index (Phi) is 5.19. The van der Waals surface area contributed by atoms with Crippen molar-refractivity contribution in [3.05, 3.63) is 63.8 Å². The summed E-state index contributed by atoms with van der Waals surface area (Å²) in [5, 5.41) is 0. The molecule has 0 saturated carbocycles. The van der Waals surface area contributed by atoms with Gasteiger partial charge in [-0.3, -0.25) is 0 Å². The Hall–Kier alpha value is -2.60. The van der Waals surface area contributed by atoms with E-state index in [-0.39, 0.29) is 11.6 Å². The third-order valence-electron chi connectivity index (χ3n) is 3.52. The summed E-state index contributed by atoms with van der Waals surface area (Å²) in [6.45, 7) is 2.41. The van der Waals surface area contributed by atoms with Crippen LogP contribution < -0.4 is 9.47 Å². The van der Waals surface area contributed by atoms with Gasteiger partial charge in [-0.1, -0.05) is 28.1 Å². The predicted molar refractivity (Wildman–Crippen MR) is 98.9 cm³/mol. The third-order valence-corrected chi connectivity index (χ3v) is 4.05. The van der Waals surface area contributed by atoms with Crippen LogP contribution in [0.25, 0.3) is 6.08 Å². The van der Waals surface area contributed by atoms with Crippen LogP contribution in [0.1, 0.15) is 18.1 Å². The molecule has 0 radical (unpaired) electrons. The van der Waals surface area contributed by atoms with Crippen molar-refractivity contribution >= 4 is 33.9 Å². The lowest BCUT2D eigenvalue weighted by Gasteiger charge is -2.11. The largest absolute Gasteiger partial charge is 0.492 e. The van der Waals surface area contributed by atoms with Gasteiger partial charge in [0.25, 0.3) is 0 Å². The van der Waals surface area contributed by atoms with E-state index in [1.807, 2.05) is 49.4 Å². The number of hydrogen-bond acceptors (Lipinski definition) is 5. The molecular formula is C19H16BrNO4. The first-order chi connectivity index (χ1) is 12.1. The number of nitrogens with zero attached hydrogens (tertiary/aromatic N) is 1. The van der Waals surface area contributed by atoms with Gasteiger partial charge < -0.3 is 14.2 Å². The number of rotatable bonds is 5. The van der Waals surface area contributed by atoms with Crippen LogP contribution in [0.4, 0.5) is 0 Å². The standard InChI is InChI=1S/C19H16BrNO4/c1-3-24-16-6-4-5-13(17(16)23-2)11-15-19(22)25-18(21-15)12-7-9-14(20)10-8-12/h4-11H,3H2,1-2H3/b15-11-. The monoisotopic (exact) mass is 401 g/mol. The van der Waals surface area contributed by atoms with Crippen molar-refractivity contribution in [3.63, 3.8) is 0 Å². The normalized spacial score (nSPS) is 15.1. The molecule has 0 fully saturated rings. The maximum absolute atomic E-state index is 12.2. The van der Waals surface area contributed by atoms with Crippen molar-refractivity contribution in [2.24, 2.45) is 4.99 Å². The molecule has 0 saturated heterocycles. The number of carbonyl (C=O) groups excluding carboxylic acids is 1. The number of aliphatic imine (C=N–C) groups is 1. The van der Waals surface area contributed by atoms with E-state index in [2.05, 4.69) is 20.9 Å². The molecular weight excluding hydrogens is 386 g/mol. The van der Waals surface area contributed by atoms with Gasteiger partial charge >= 0.3 is 5.97 Å². The summed E-state index contributed by atoms with van der Waals surface area (Å²) in [4.78, 5) is 16.5. The smallest absolute Gasteiger partial charge is 0.363 e. The van der Waals surface area contributed by atoms with Crippen LogP contribution in [0.2, 0.25) is 0 Å². The highest BCUT2D eigenvalue weighted by molar-refractivity contribution is 9.10. The zero-order valence-electron chi connectivity index (χ0n) is 13.8. The minimum absolute atomic E-state index is 0.213. The van der Waals surface area contributed by atoms with Crippen LogP contribution in [0.3, 0.4) is 0 Å². The SMILES string of the molecule is CCOc1cccc(/C=C2\N=C(c3ccc(Br)cc3)OC2=O)c1OC. The molecule has 0 bridgehead atoms. The summed E-state index contributed by atoms with van der Waals surface area (Å²) in [5.74, 6) is 0.949. The summed E-state index contributed by atoms with van der Waals surface area (Å²) in [5.41, 5.74) is 1.64. The fourth-order valence-corrected chi connectivity index (χ4v) is 2.67. The lowest BCUT2D eigenvalue weighted by atomic mass is 10.1. The van der Waals surface area contributed by atoms with Crippen molar-refractivity contribution in [2.45, 2.75) is 6.92 Å². The van der Waals surface area contributed by atoms with E-state index in [0.717, 1.165) is 10.0 Å². The van der Waals surface area contributed by atoms with Crippen LogP contribution in [0, 0.1) is 0 Å². The van der Waals surface area contributed by atoms with Gasteiger partial charge in [-0.05, 0) is 43.3 Å². The molecule has 0 unspecified atom stereocenters. The molecule has 5 nitrogen and oxygen atoms in total. The fourth-order valence-electron chi connectivity index (χ4n) is 2.41. The average Bonchev–Trinajstić information content (AvgIpc) is 2.97. The number of cyclic esters (lactones) is 1. The lowest BCUT2D eigenvalue weighted by molar-refractivity contribution is -0.129. The first kappa shape index (κ1) is 17.2. The summed E-state index contributed by atoms with van der Waals surface area (Å²) in [7, 11) is 1.56. The van der Waals surface area contributed by atoms with E-state index < -0.39 is 5.97 Å². The molecule has 0 spiro atoms. The second-order valence-electron chi connectivity index (χ2n) is 5.15. The van der Waals surface area contributed by atoms with Crippen LogP contribution >= 0.6 is 15.9 Å². The number of benzene rings is 2. The quantitative estimate of drug-likeness (QED) is 0.556. The topological polar surface area (TPSA) is 57.1 Å². The molecule has 1 aliphatic rings. The number of halogens is 1. The van der Waals surface area contributed by atoms with E-state index in [9.17, 15) is 4.79 Å². The highest BCUT2D eigenvalue weighted by Gasteiger charge is 2.24. The van der Waals surface area contributed by atoms with Gasteiger partial charge in [0.1, 0.15) is 0 Å². The Bertz CT molecular complexity index is 856. The molecule has 1 heterocycles. The summed E-state index contributed by atoms with van der Waals surface area (Å²) in [6.07, 6.45) is 1.63. The highest BCUT2D eigenvalue weighted by atomic mass is 79.9. The van der Waals surface area contributed by atoms with Crippen molar-refractivity contribution in [1.29, 1.82) is 0 Å². The van der Waals surface area contributed by atoms with Crippen molar-refractivity contribution < 1.29 is 19.0 Å². The van der Waals surface area contributed by atoms with Crippen molar-refractivity contribution in [3.8, 4) is 11.5 Å². The Balaban J connectivity index is 1.97. The van der Waals surface area contributed by atoms with Crippen LogP contribution in [0.5, 0.6) is 11.5 Å². The molecule has 3 rings (SSSR count). The summed E-state index contributed by atoms with van der Waals surface area (Å²) >= 11 is 3.37. The van der Waals surface area contributed by atoms with Crippen LogP contribution in [0.15, 0.2) is 57.6 Å². The van der Waals surface area contributed by atoms with Crippen molar-refractivity contribution in [2.75, 3.05) is 13.7 Å². The van der Waals surface area contributed by atoms with E-state index >= 15 is 0 Å². The minimum Gasteiger partial charge on any atom is -0.492 e. The summed E-state index contributed by atoms with van der Waals surface area (Å²) in [6, 6.07) is 12.9. The Morgan fingerprint density at radius 2 is 1.96 bits per heavy atom. The van der Waals surface area contributed by atoms with E-state index in [4.69, 9.17) is 14.2 Å².